The molecule has 0 aromatic heterocycles. The smallest absolute Gasteiger partial charge is 0.220 e. The molecule has 1 atom stereocenters. The van der Waals surface area contributed by atoms with Crippen LogP contribution in [0, 0.1) is 5.92 Å². The second kappa shape index (κ2) is 9.32. The molecule has 0 heterocycles. The lowest BCUT2D eigenvalue weighted by atomic mass is 10.1. The third kappa shape index (κ3) is 8.36. The third-order valence-corrected chi connectivity index (χ3v) is 2.70. The number of carbonyl (C=O) groups excluding carboxylic acids is 1. The van der Waals surface area contributed by atoms with Gasteiger partial charge in [-0.25, -0.2) is 0 Å². The van der Waals surface area contributed by atoms with E-state index in [0.29, 0.717) is 24.8 Å². The van der Waals surface area contributed by atoms with Gasteiger partial charge in [0.25, 0.3) is 0 Å². The molecule has 0 spiro atoms. The fourth-order valence-corrected chi connectivity index (χ4v) is 1.25. The normalized spacial score (nSPS) is 12.5. The van der Waals surface area contributed by atoms with E-state index >= 15 is 0 Å². The minimum Gasteiger partial charge on any atom is -0.356 e. The van der Waals surface area contributed by atoms with Crippen LogP contribution in [0.4, 0.5) is 0 Å². The lowest BCUT2D eigenvalue weighted by Gasteiger charge is -2.08. The summed E-state index contributed by atoms with van der Waals surface area (Å²) in [6.45, 7) is 4.91. The van der Waals surface area contributed by atoms with Crippen molar-refractivity contribution in [3.05, 3.63) is 0 Å². The van der Waals surface area contributed by atoms with Crippen molar-refractivity contribution < 1.29 is 4.79 Å². The molecular weight excluding hydrogens is 198 g/mol. The van der Waals surface area contributed by atoms with Gasteiger partial charge in [0.2, 0.25) is 5.91 Å². The molecule has 84 valence electrons. The van der Waals surface area contributed by atoms with Gasteiger partial charge in [-0.05, 0) is 12.3 Å². The predicted octanol–water partition coefficient (Wildman–Crippen LogP) is 2.95. The number of hydrogen-bond donors (Lipinski definition) is 1. The van der Waals surface area contributed by atoms with E-state index in [9.17, 15) is 4.79 Å². The lowest BCUT2D eigenvalue weighted by molar-refractivity contribution is -0.121. The van der Waals surface area contributed by atoms with Gasteiger partial charge >= 0.3 is 0 Å². The zero-order valence-corrected chi connectivity index (χ0v) is 10.1. The first-order valence-corrected chi connectivity index (χ1v) is 6.06. The molecule has 0 aliphatic heterocycles. The van der Waals surface area contributed by atoms with Crippen molar-refractivity contribution in [1.82, 2.24) is 5.32 Å². The first-order valence-electron chi connectivity index (χ1n) is 5.53. The monoisotopic (exact) mass is 219 g/mol. The number of rotatable bonds is 8. The van der Waals surface area contributed by atoms with E-state index in [1.54, 1.807) is 0 Å². The van der Waals surface area contributed by atoms with Crippen molar-refractivity contribution in [3.63, 3.8) is 0 Å². The number of alkyl halides is 1. The number of amides is 1. The van der Waals surface area contributed by atoms with Crippen molar-refractivity contribution in [2.75, 3.05) is 12.4 Å². The van der Waals surface area contributed by atoms with Crippen LogP contribution in [-0.4, -0.2) is 18.3 Å². The zero-order valence-electron chi connectivity index (χ0n) is 9.31. The first-order chi connectivity index (χ1) is 6.70. The first kappa shape index (κ1) is 13.8. The van der Waals surface area contributed by atoms with Gasteiger partial charge in [0.1, 0.15) is 0 Å². The highest BCUT2D eigenvalue weighted by Gasteiger charge is 2.03. The van der Waals surface area contributed by atoms with Crippen molar-refractivity contribution in [3.8, 4) is 0 Å². The Morgan fingerprint density at radius 2 is 2.07 bits per heavy atom. The van der Waals surface area contributed by atoms with Crippen LogP contribution in [0.1, 0.15) is 46.0 Å². The van der Waals surface area contributed by atoms with Crippen LogP contribution in [0.3, 0.4) is 0 Å². The second-order valence-electron chi connectivity index (χ2n) is 3.87. The maximum absolute atomic E-state index is 11.3. The standard InChI is InChI=1S/C11H22ClNO/c1-3-4-5-6-7-11(14)13-9-10(2)8-12/h10H,3-9H2,1-2H3,(H,13,14). The summed E-state index contributed by atoms with van der Waals surface area (Å²) in [7, 11) is 0. The summed E-state index contributed by atoms with van der Waals surface area (Å²) in [5, 5.41) is 2.89. The summed E-state index contributed by atoms with van der Waals surface area (Å²) in [6.07, 6.45) is 5.27. The number of carbonyl (C=O) groups is 1. The van der Waals surface area contributed by atoms with E-state index in [1.807, 2.05) is 6.92 Å². The number of unbranched alkanes of at least 4 members (excludes halogenated alkanes) is 3. The minimum atomic E-state index is 0.165. The summed E-state index contributed by atoms with van der Waals surface area (Å²) in [5.74, 6) is 1.14. The maximum atomic E-state index is 11.3. The maximum Gasteiger partial charge on any atom is 0.220 e. The molecule has 0 rings (SSSR count). The van der Waals surface area contributed by atoms with Crippen molar-refractivity contribution >= 4 is 17.5 Å². The zero-order chi connectivity index (χ0) is 10.8. The van der Waals surface area contributed by atoms with Crippen LogP contribution >= 0.6 is 11.6 Å². The molecule has 0 aliphatic carbocycles. The molecule has 0 saturated heterocycles. The molecule has 1 N–H and O–H groups in total. The van der Waals surface area contributed by atoms with E-state index in [0.717, 1.165) is 12.8 Å². The Kier molecular flexibility index (Phi) is 9.16. The highest BCUT2D eigenvalue weighted by molar-refractivity contribution is 6.18. The summed E-state index contributed by atoms with van der Waals surface area (Å²) >= 11 is 5.63. The number of nitrogens with one attached hydrogen (secondary N) is 1. The van der Waals surface area contributed by atoms with Crippen LogP contribution in [0.5, 0.6) is 0 Å². The Labute approximate surface area is 92.4 Å². The molecule has 0 fully saturated rings. The average Bonchev–Trinajstić information content (AvgIpc) is 2.21. The highest BCUT2D eigenvalue weighted by Crippen LogP contribution is 2.02. The molecule has 2 nitrogen and oxygen atoms in total. The summed E-state index contributed by atoms with van der Waals surface area (Å²) < 4.78 is 0. The van der Waals surface area contributed by atoms with Gasteiger partial charge < -0.3 is 5.32 Å². The SMILES string of the molecule is CCCCCCC(=O)NCC(C)CCl. The van der Waals surface area contributed by atoms with Gasteiger partial charge in [0, 0.05) is 18.8 Å². The van der Waals surface area contributed by atoms with Crippen LogP contribution in [-0.2, 0) is 4.79 Å². The van der Waals surface area contributed by atoms with Crippen LogP contribution in [0.2, 0.25) is 0 Å². The summed E-state index contributed by atoms with van der Waals surface area (Å²) in [4.78, 5) is 11.3. The van der Waals surface area contributed by atoms with Crippen molar-refractivity contribution in [2.45, 2.75) is 46.0 Å². The van der Waals surface area contributed by atoms with Gasteiger partial charge in [-0.1, -0.05) is 33.1 Å². The van der Waals surface area contributed by atoms with E-state index < -0.39 is 0 Å². The molecular formula is C11H22ClNO. The fraction of sp³-hybridized carbons (Fsp3) is 0.909. The number of hydrogen-bond acceptors (Lipinski definition) is 1. The van der Waals surface area contributed by atoms with E-state index in [4.69, 9.17) is 11.6 Å². The molecule has 14 heavy (non-hydrogen) atoms. The minimum absolute atomic E-state index is 0.165. The van der Waals surface area contributed by atoms with Gasteiger partial charge in [-0.2, -0.15) is 0 Å². The van der Waals surface area contributed by atoms with Gasteiger partial charge in [0.05, 0.1) is 0 Å². The van der Waals surface area contributed by atoms with Crippen LogP contribution in [0.15, 0.2) is 0 Å². The molecule has 0 aliphatic rings. The third-order valence-electron chi connectivity index (χ3n) is 2.17. The quantitative estimate of drug-likeness (QED) is 0.494. The molecule has 0 aromatic rings. The molecule has 0 saturated carbocycles. The average molecular weight is 220 g/mol. The molecule has 0 aromatic carbocycles. The van der Waals surface area contributed by atoms with Gasteiger partial charge in [-0.3, -0.25) is 4.79 Å². The molecule has 0 bridgehead atoms. The summed E-state index contributed by atoms with van der Waals surface area (Å²) in [6, 6.07) is 0. The topological polar surface area (TPSA) is 29.1 Å². The van der Waals surface area contributed by atoms with Crippen molar-refractivity contribution in [2.24, 2.45) is 5.92 Å². The Hall–Kier alpha value is -0.240. The van der Waals surface area contributed by atoms with E-state index in [-0.39, 0.29) is 5.91 Å². The Bertz CT molecular complexity index is 150. The Balaban J connectivity index is 3.28. The Morgan fingerprint density at radius 3 is 2.64 bits per heavy atom. The lowest BCUT2D eigenvalue weighted by Crippen LogP contribution is -2.28. The van der Waals surface area contributed by atoms with E-state index in [1.165, 1.54) is 12.8 Å². The molecule has 0 radical (unpaired) electrons. The second-order valence-corrected chi connectivity index (χ2v) is 4.18. The van der Waals surface area contributed by atoms with Gasteiger partial charge in [-0.15, -0.1) is 11.6 Å². The van der Waals surface area contributed by atoms with E-state index in [2.05, 4.69) is 12.2 Å². The van der Waals surface area contributed by atoms with Crippen LogP contribution < -0.4 is 5.32 Å². The summed E-state index contributed by atoms with van der Waals surface area (Å²) in [5.41, 5.74) is 0. The predicted molar refractivity (Wildman–Crippen MR) is 61.7 cm³/mol. The number of halogens is 1. The largest absolute Gasteiger partial charge is 0.356 e. The fourth-order valence-electron chi connectivity index (χ4n) is 1.14. The molecule has 1 unspecified atom stereocenters. The highest BCUT2D eigenvalue weighted by atomic mass is 35.5. The van der Waals surface area contributed by atoms with Crippen molar-refractivity contribution in [1.29, 1.82) is 0 Å². The van der Waals surface area contributed by atoms with Gasteiger partial charge in [0.15, 0.2) is 0 Å². The molecule has 3 heteroatoms. The molecule has 1 amide bonds. The van der Waals surface area contributed by atoms with Crippen LogP contribution in [0.25, 0.3) is 0 Å². The Morgan fingerprint density at radius 1 is 1.36 bits per heavy atom.